The van der Waals surface area contributed by atoms with E-state index in [1.807, 2.05) is 28.8 Å². The molecule has 1 N–H and O–H groups in total. The van der Waals surface area contributed by atoms with E-state index in [1.165, 1.54) is 25.9 Å². The molecular formula is C15H22N4O. The SMILES string of the molecule is CN(CCN1CCCC1)c1nc2ccccn2c1CO. The maximum absolute atomic E-state index is 9.64. The number of aromatic nitrogens is 2. The third-order valence-corrected chi connectivity index (χ3v) is 4.07. The minimum Gasteiger partial charge on any atom is -0.390 e. The highest BCUT2D eigenvalue weighted by molar-refractivity contribution is 5.55. The van der Waals surface area contributed by atoms with Gasteiger partial charge in [0, 0.05) is 26.3 Å². The van der Waals surface area contributed by atoms with Crippen LogP contribution in [0.4, 0.5) is 5.82 Å². The van der Waals surface area contributed by atoms with Gasteiger partial charge in [0.1, 0.15) is 5.65 Å². The van der Waals surface area contributed by atoms with Crippen LogP contribution in [0.5, 0.6) is 0 Å². The largest absolute Gasteiger partial charge is 0.390 e. The highest BCUT2D eigenvalue weighted by Crippen LogP contribution is 2.21. The van der Waals surface area contributed by atoms with Crippen LogP contribution in [0.3, 0.4) is 0 Å². The minimum absolute atomic E-state index is 0.00850. The van der Waals surface area contributed by atoms with Gasteiger partial charge in [-0.1, -0.05) is 6.07 Å². The van der Waals surface area contributed by atoms with Crippen molar-refractivity contribution < 1.29 is 5.11 Å². The average Bonchev–Trinajstić information content (AvgIpc) is 3.11. The zero-order valence-corrected chi connectivity index (χ0v) is 12.0. The number of nitrogens with zero attached hydrogens (tertiary/aromatic N) is 4. The van der Waals surface area contributed by atoms with E-state index in [0.717, 1.165) is 30.2 Å². The first kappa shape index (κ1) is 13.4. The fraction of sp³-hybridized carbons (Fsp3) is 0.533. The van der Waals surface area contributed by atoms with Crippen molar-refractivity contribution in [2.75, 3.05) is 38.1 Å². The van der Waals surface area contributed by atoms with E-state index >= 15 is 0 Å². The summed E-state index contributed by atoms with van der Waals surface area (Å²) in [6, 6.07) is 5.90. The van der Waals surface area contributed by atoms with Gasteiger partial charge in [-0.05, 0) is 38.1 Å². The van der Waals surface area contributed by atoms with Crippen molar-refractivity contribution in [3.63, 3.8) is 0 Å². The molecule has 5 nitrogen and oxygen atoms in total. The predicted molar refractivity (Wildman–Crippen MR) is 80.1 cm³/mol. The molecule has 0 bridgehead atoms. The van der Waals surface area contributed by atoms with E-state index < -0.39 is 0 Å². The van der Waals surface area contributed by atoms with Gasteiger partial charge in [0.15, 0.2) is 5.82 Å². The summed E-state index contributed by atoms with van der Waals surface area (Å²) >= 11 is 0. The summed E-state index contributed by atoms with van der Waals surface area (Å²) in [5, 5.41) is 9.64. The predicted octanol–water partition coefficient (Wildman–Crippen LogP) is 1.36. The zero-order chi connectivity index (χ0) is 13.9. The van der Waals surface area contributed by atoms with Crippen LogP contribution in [0.25, 0.3) is 5.65 Å². The Morgan fingerprint density at radius 2 is 2.10 bits per heavy atom. The van der Waals surface area contributed by atoms with Crippen LogP contribution < -0.4 is 4.90 Å². The van der Waals surface area contributed by atoms with Crippen molar-refractivity contribution in [3.8, 4) is 0 Å². The van der Waals surface area contributed by atoms with Crippen LogP contribution in [-0.2, 0) is 6.61 Å². The second kappa shape index (κ2) is 5.81. The number of anilines is 1. The topological polar surface area (TPSA) is 44.0 Å². The molecule has 1 aliphatic heterocycles. The van der Waals surface area contributed by atoms with E-state index in [4.69, 9.17) is 0 Å². The van der Waals surface area contributed by atoms with E-state index in [-0.39, 0.29) is 6.61 Å². The average molecular weight is 274 g/mol. The summed E-state index contributed by atoms with van der Waals surface area (Å²) < 4.78 is 1.96. The van der Waals surface area contributed by atoms with Crippen LogP contribution in [0.1, 0.15) is 18.5 Å². The monoisotopic (exact) mass is 274 g/mol. The van der Waals surface area contributed by atoms with Crippen molar-refractivity contribution in [1.29, 1.82) is 0 Å². The quantitative estimate of drug-likeness (QED) is 0.894. The van der Waals surface area contributed by atoms with Gasteiger partial charge in [-0.3, -0.25) is 4.40 Å². The Hall–Kier alpha value is -1.59. The summed E-state index contributed by atoms with van der Waals surface area (Å²) in [7, 11) is 2.05. The van der Waals surface area contributed by atoms with E-state index in [2.05, 4.69) is 21.8 Å². The Bertz CT molecular complexity index is 574. The van der Waals surface area contributed by atoms with Crippen molar-refractivity contribution in [1.82, 2.24) is 14.3 Å². The van der Waals surface area contributed by atoms with Crippen LogP contribution in [0, 0.1) is 0 Å². The highest BCUT2D eigenvalue weighted by Gasteiger charge is 2.16. The minimum atomic E-state index is 0.00850. The van der Waals surface area contributed by atoms with Gasteiger partial charge in [-0.15, -0.1) is 0 Å². The number of rotatable bonds is 5. The molecule has 20 heavy (non-hydrogen) atoms. The third-order valence-electron chi connectivity index (χ3n) is 4.07. The first-order chi connectivity index (χ1) is 9.79. The number of hydrogen-bond donors (Lipinski definition) is 1. The molecule has 0 spiro atoms. The summed E-state index contributed by atoms with van der Waals surface area (Å²) in [5.41, 5.74) is 1.75. The van der Waals surface area contributed by atoms with Gasteiger partial charge >= 0.3 is 0 Å². The molecular weight excluding hydrogens is 252 g/mol. The van der Waals surface area contributed by atoms with Gasteiger partial charge < -0.3 is 14.9 Å². The molecule has 2 aromatic rings. The molecule has 3 heterocycles. The molecule has 0 unspecified atom stereocenters. The molecule has 0 atom stereocenters. The first-order valence-electron chi connectivity index (χ1n) is 7.30. The molecule has 5 heteroatoms. The number of likely N-dealkylation sites (N-methyl/N-ethyl adjacent to an activating group) is 1. The highest BCUT2D eigenvalue weighted by atomic mass is 16.3. The lowest BCUT2D eigenvalue weighted by Crippen LogP contribution is -2.32. The van der Waals surface area contributed by atoms with Gasteiger partial charge in [-0.2, -0.15) is 0 Å². The van der Waals surface area contributed by atoms with Crippen LogP contribution in [-0.4, -0.2) is 52.6 Å². The van der Waals surface area contributed by atoms with Crippen molar-refractivity contribution in [3.05, 3.63) is 30.1 Å². The Morgan fingerprint density at radius 3 is 2.85 bits per heavy atom. The number of aliphatic hydroxyl groups is 1. The molecule has 2 aromatic heterocycles. The molecule has 1 fully saturated rings. The van der Waals surface area contributed by atoms with Gasteiger partial charge in [0.05, 0.1) is 12.3 Å². The standard InChI is InChI=1S/C15H22N4O/c1-17(10-11-18-7-4-5-8-18)15-13(12-20)19-9-3-2-6-14(19)16-15/h2-3,6,9,20H,4-5,7-8,10-12H2,1H3. The number of fused-ring (bicyclic) bond motifs is 1. The maximum atomic E-state index is 9.64. The normalized spacial score (nSPS) is 16.1. The van der Waals surface area contributed by atoms with Crippen molar-refractivity contribution in [2.45, 2.75) is 19.4 Å². The molecule has 1 aliphatic rings. The first-order valence-corrected chi connectivity index (χ1v) is 7.30. The molecule has 0 saturated carbocycles. The second-order valence-corrected chi connectivity index (χ2v) is 5.44. The lowest BCUT2D eigenvalue weighted by atomic mass is 10.4. The summed E-state index contributed by atoms with van der Waals surface area (Å²) in [6.07, 6.45) is 4.59. The molecule has 0 aromatic carbocycles. The zero-order valence-electron chi connectivity index (χ0n) is 12.0. The molecule has 0 aliphatic carbocycles. The number of pyridine rings is 1. The fourth-order valence-electron chi connectivity index (χ4n) is 2.89. The van der Waals surface area contributed by atoms with Gasteiger partial charge in [0.2, 0.25) is 0 Å². The van der Waals surface area contributed by atoms with E-state index in [1.54, 1.807) is 0 Å². The van der Waals surface area contributed by atoms with Gasteiger partial charge in [0.25, 0.3) is 0 Å². The van der Waals surface area contributed by atoms with Crippen LogP contribution in [0.15, 0.2) is 24.4 Å². The number of hydrogen-bond acceptors (Lipinski definition) is 4. The van der Waals surface area contributed by atoms with Crippen molar-refractivity contribution in [2.24, 2.45) is 0 Å². The van der Waals surface area contributed by atoms with Crippen LogP contribution in [0.2, 0.25) is 0 Å². The second-order valence-electron chi connectivity index (χ2n) is 5.44. The fourth-order valence-corrected chi connectivity index (χ4v) is 2.89. The third kappa shape index (κ3) is 2.51. The van der Waals surface area contributed by atoms with E-state index in [0.29, 0.717) is 0 Å². The Morgan fingerprint density at radius 1 is 1.30 bits per heavy atom. The molecule has 0 radical (unpaired) electrons. The summed E-state index contributed by atoms with van der Waals surface area (Å²) in [4.78, 5) is 9.28. The van der Waals surface area contributed by atoms with Crippen molar-refractivity contribution >= 4 is 11.5 Å². The van der Waals surface area contributed by atoms with Crippen LogP contribution >= 0.6 is 0 Å². The van der Waals surface area contributed by atoms with E-state index in [9.17, 15) is 5.11 Å². The molecule has 108 valence electrons. The van der Waals surface area contributed by atoms with Gasteiger partial charge in [-0.25, -0.2) is 4.98 Å². The number of imidazole rings is 1. The Labute approximate surface area is 119 Å². The number of likely N-dealkylation sites (tertiary alicyclic amines) is 1. The Balaban J connectivity index is 1.77. The lowest BCUT2D eigenvalue weighted by Gasteiger charge is -2.22. The molecule has 0 amide bonds. The smallest absolute Gasteiger partial charge is 0.153 e. The summed E-state index contributed by atoms with van der Waals surface area (Å²) in [5.74, 6) is 0.887. The maximum Gasteiger partial charge on any atom is 0.153 e. The molecule has 1 saturated heterocycles. The lowest BCUT2D eigenvalue weighted by molar-refractivity contribution is 0.276. The summed E-state index contributed by atoms with van der Waals surface area (Å²) in [6.45, 7) is 4.44. The number of aliphatic hydroxyl groups excluding tert-OH is 1. The molecule has 3 rings (SSSR count). The Kier molecular flexibility index (Phi) is 3.89.